The molecule has 0 aromatic carbocycles. The highest BCUT2D eigenvalue weighted by Gasteiger charge is 2.31. The van der Waals surface area contributed by atoms with Crippen LogP contribution in [0.15, 0.2) is 12.1 Å². The second-order valence-corrected chi connectivity index (χ2v) is 4.66. The van der Waals surface area contributed by atoms with Gasteiger partial charge >= 0.3 is 6.18 Å². The molecule has 1 heterocycles. The Labute approximate surface area is 115 Å². The first-order valence-electron chi connectivity index (χ1n) is 6.20. The number of ether oxygens (including phenoxy) is 1. The van der Waals surface area contributed by atoms with Crippen molar-refractivity contribution in [3.63, 3.8) is 0 Å². The summed E-state index contributed by atoms with van der Waals surface area (Å²) < 4.78 is 43.3. The number of pyridine rings is 1. The minimum atomic E-state index is -4.45. The third-order valence-electron chi connectivity index (χ3n) is 2.30. The molecule has 0 radical (unpaired) electrons. The van der Waals surface area contributed by atoms with Crippen LogP contribution in [0.25, 0.3) is 0 Å². The standard InChI is InChI=1S/C12H19F3N4O/c1-8(2)7-20-4-3-17-10-5-9(12(13,14)15)6-11(18-10)19-16/h5-6,8H,3-4,7,16H2,1-2H3,(H2,17,18,19). The van der Waals surface area contributed by atoms with Crippen LogP contribution >= 0.6 is 0 Å². The van der Waals surface area contributed by atoms with Gasteiger partial charge in [0.25, 0.3) is 0 Å². The largest absolute Gasteiger partial charge is 0.416 e. The summed E-state index contributed by atoms with van der Waals surface area (Å²) in [5.74, 6) is 5.57. The zero-order valence-corrected chi connectivity index (χ0v) is 11.4. The van der Waals surface area contributed by atoms with Crippen LogP contribution in [-0.2, 0) is 10.9 Å². The highest BCUT2D eigenvalue weighted by Crippen LogP contribution is 2.31. The summed E-state index contributed by atoms with van der Waals surface area (Å²) in [7, 11) is 0. The average Bonchev–Trinajstić information content (AvgIpc) is 2.36. The molecule has 0 amide bonds. The number of hydrogen-bond acceptors (Lipinski definition) is 5. The van der Waals surface area contributed by atoms with Crippen LogP contribution in [-0.4, -0.2) is 24.7 Å². The van der Waals surface area contributed by atoms with Gasteiger partial charge in [-0.3, -0.25) is 0 Å². The summed E-state index contributed by atoms with van der Waals surface area (Å²) in [6.45, 7) is 5.39. The third kappa shape index (κ3) is 5.62. The SMILES string of the molecule is CC(C)COCCNc1cc(C(F)(F)F)cc(NN)n1. The first-order valence-corrected chi connectivity index (χ1v) is 6.20. The van der Waals surface area contributed by atoms with Crippen LogP contribution < -0.4 is 16.6 Å². The fourth-order valence-electron chi connectivity index (χ4n) is 1.43. The lowest BCUT2D eigenvalue weighted by Crippen LogP contribution is -2.16. The van der Waals surface area contributed by atoms with E-state index in [1.807, 2.05) is 13.8 Å². The molecule has 0 atom stereocenters. The molecular weight excluding hydrogens is 273 g/mol. The van der Waals surface area contributed by atoms with Crippen LogP contribution in [0.3, 0.4) is 0 Å². The number of halogens is 3. The molecule has 0 aliphatic carbocycles. The number of hydrazine groups is 1. The maximum atomic E-state index is 12.7. The first-order chi connectivity index (χ1) is 9.32. The van der Waals surface area contributed by atoms with E-state index >= 15 is 0 Å². The monoisotopic (exact) mass is 292 g/mol. The van der Waals surface area contributed by atoms with Crippen molar-refractivity contribution in [3.05, 3.63) is 17.7 Å². The van der Waals surface area contributed by atoms with E-state index in [2.05, 4.69) is 15.7 Å². The van der Waals surface area contributed by atoms with E-state index in [1.54, 1.807) is 0 Å². The van der Waals surface area contributed by atoms with E-state index in [0.29, 0.717) is 25.7 Å². The molecule has 0 bridgehead atoms. The predicted octanol–water partition coefficient (Wildman–Crippen LogP) is 2.47. The van der Waals surface area contributed by atoms with E-state index < -0.39 is 11.7 Å². The van der Waals surface area contributed by atoms with Gasteiger partial charge < -0.3 is 15.5 Å². The van der Waals surface area contributed by atoms with Crippen molar-refractivity contribution in [2.75, 3.05) is 30.5 Å². The van der Waals surface area contributed by atoms with E-state index in [9.17, 15) is 13.2 Å². The van der Waals surface area contributed by atoms with Crippen LogP contribution in [0.2, 0.25) is 0 Å². The lowest BCUT2D eigenvalue weighted by molar-refractivity contribution is -0.137. The molecule has 8 heteroatoms. The quantitative estimate of drug-likeness (QED) is 0.409. The molecule has 4 N–H and O–H groups in total. The fraction of sp³-hybridized carbons (Fsp3) is 0.583. The smallest absolute Gasteiger partial charge is 0.379 e. The second kappa shape index (κ2) is 7.30. The van der Waals surface area contributed by atoms with Crippen molar-refractivity contribution in [1.82, 2.24) is 4.98 Å². The lowest BCUT2D eigenvalue weighted by Gasteiger charge is -2.13. The highest BCUT2D eigenvalue weighted by molar-refractivity contribution is 5.49. The summed E-state index contributed by atoms with van der Waals surface area (Å²) in [4.78, 5) is 3.90. The normalized spacial score (nSPS) is 11.8. The Bertz CT molecular complexity index is 424. The maximum absolute atomic E-state index is 12.7. The zero-order valence-electron chi connectivity index (χ0n) is 11.4. The number of nitrogens with one attached hydrogen (secondary N) is 2. The maximum Gasteiger partial charge on any atom is 0.416 e. The Morgan fingerprint density at radius 3 is 2.50 bits per heavy atom. The molecule has 0 fully saturated rings. The number of hydrogen-bond donors (Lipinski definition) is 3. The summed E-state index contributed by atoms with van der Waals surface area (Å²) in [6.07, 6.45) is -4.45. The topological polar surface area (TPSA) is 72.2 Å². The Morgan fingerprint density at radius 2 is 1.95 bits per heavy atom. The van der Waals surface area contributed by atoms with Gasteiger partial charge in [0.15, 0.2) is 0 Å². The van der Waals surface area contributed by atoms with Gasteiger partial charge in [-0.25, -0.2) is 10.8 Å². The Hall–Kier alpha value is -1.54. The summed E-state index contributed by atoms with van der Waals surface area (Å²) in [5.41, 5.74) is 1.30. The van der Waals surface area contributed by atoms with Gasteiger partial charge in [0.1, 0.15) is 11.6 Å². The number of aromatic nitrogens is 1. The number of nitrogens with zero attached hydrogens (tertiary/aromatic N) is 1. The summed E-state index contributed by atoms with van der Waals surface area (Å²) in [5, 5.41) is 2.77. The van der Waals surface area contributed by atoms with Gasteiger partial charge in [-0.2, -0.15) is 13.2 Å². The molecule has 0 aliphatic rings. The molecule has 0 saturated carbocycles. The summed E-state index contributed by atoms with van der Waals surface area (Å²) in [6, 6.07) is 1.78. The molecule has 0 saturated heterocycles. The van der Waals surface area contributed by atoms with E-state index in [4.69, 9.17) is 10.6 Å². The van der Waals surface area contributed by atoms with E-state index in [-0.39, 0.29) is 11.6 Å². The molecule has 0 aliphatic heterocycles. The van der Waals surface area contributed by atoms with Gasteiger partial charge in [-0.05, 0) is 18.1 Å². The second-order valence-electron chi connectivity index (χ2n) is 4.66. The molecular formula is C12H19F3N4O. The van der Waals surface area contributed by atoms with Gasteiger partial charge in [0, 0.05) is 13.2 Å². The van der Waals surface area contributed by atoms with Crippen molar-refractivity contribution < 1.29 is 17.9 Å². The number of anilines is 2. The Kier molecular flexibility index (Phi) is 6.03. The Morgan fingerprint density at radius 1 is 1.30 bits per heavy atom. The molecule has 5 nitrogen and oxygen atoms in total. The van der Waals surface area contributed by atoms with E-state index in [1.165, 1.54) is 0 Å². The number of alkyl halides is 3. The molecule has 20 heavy (non-hydrogen) atoms. The predicted molar refractivity (Wildman–Crippen MR) is 71.2 cm³/mol. The van der Waals surface area contributed by atoms with Crippen molar-refractivity contribution in [3.8, 4) is 0 Å². The van der Waals surface area contributed by atoms with Crippen LogP contribution in [0.4, 0.5) is 24.8 Å². The van der Waals surface area contributed by atoms with E-state index in [0.717, 1.165) is 12.1 Å². The van der Waals surface area contributed by atoms with Crippen LogP contribution in [0, 0.1) is 5.92 Å². The molecule has 0 spiro atoms. The van der Waals surface area contributed by atoms with Gasteiger partial charge in [-0.1, -0.05) is 13.8 Å². The van der Waals surface area contributed by atoms with Crippen LogP contribution in [0.5, 0.6) is 0 Å². The van der Waals surface area contributed by atoms with Crippen molar-refractivity contribution in [2.24, 2.45) is 11.8 Å². The lowest BCUT2D eigenvalue weighted by atomic mass is 10.2. The molecule has 114 valence electrons. The zero-order chi connectivity index (χ0) is 15.2. The first kappa shape index (κ1) is 16.5. The number of nitrogens with two attached hydrogens (primary N) is 1. The number of nitrogen functional groups attached to an aromatic ring is 1. The van der Waals surface area contributed by atoms with Crippen LogP contribution in [0.1, 0.15) is 19.4 Å². The minimum Gasteiger partial charge on any atom is -0.379 e. The van der Waals surface area contributed by atoms with Crippen molar-refractivity contribution >= 4 is 11.6 Å². The molecule has 1 aromatic rings. The Balaban J connectivity index is 2.61. The molecule has 0 unspecified atom stereocenters. The fourth-order valence-corrected chi connectivity index (χ4v) is 1.43. The highest BCUT2D eigenvalue weighted by atomic mass is 19.4. The third-order valence-corrected chi connectivity index (χ3v) is 2.30. The van der Waals surface area contributed by atoms with Gasteiger partial charge in [-0.15, -0.1) is 0 Å². The van der Waals surface area contributed by atoms with Crippen molar-refractivity contribution in [1.29, 1.82) is 0 Å². The van der Waals surface area contributed by atoms with Crippen molar-refractivity contribution in [2.45, 2.75) is 20.0 Å². The number of rotatable bonds is 7. The molecule has 1 aromatic heterocycles. The van der Waals surface area contributed by atoms with Gasteiger partial charge in [0.05, 0.1) is 12.2 Å². The summed E-state index contributed by atoms with van der Waals surface area (Å²) >= 11 is 0. The average molecular weight is 292 g/mol. The van der Waals surface area contributed by atoms with Gasteiger partial charge in [0.2, 0.25) is 0 Å². The molecule has 1 rings (SSSR count). The minimum absolute atomic E-state index is 0.0505.